The van der Waals surface area contributed by atoms with Crippen LogP contribution in [0.25, 0.3) is 0 Å². The van der Waals surface area contributed by atoms with Crippen molar-refractivity contribution >= 4 is 29.0 Å². The van der Waals surface area contributed by atoms with Gasteiger partial charge in [-0.15, -0.1) is 0 Å². The van der Waals surface area contributed by atoms with E-state index in [1.807, 2.05) is 0 Å². The molecule has 10 heteroatoms. The lowest BCUT2D eigenvalue weighted by molar-refractivity contribution is 0.0957. The summed E-state index contributed by atoms with van der Waals surface area (Å²) in [7, 11) is 0. The topological polar surface area (TPSA) is 144 Å². The van der Waals surface area contributed by atoms with Gasteiger partial charge in [0, 0.05) is 12.3 Å². The van der Waals surface area contributed by atoms with E-state index in [-0.39, 0.29) is 17.2 Å². The number of hydrogen-bond donors (Lipinski definition) is 4. The molecule has 5 N–H and O–H groups in total. The van der Waals surface area contributed by atoms with E-state index in [9.17, 15) is 4.79 Å². The van der Waals surface area contributed by atoms with Crippen LogP contribution in [0.5, 0.6) is 0 Å². The van der Waals surface area contributed by atoms with Gasteiger partial charge < -0.3 is 15.6 Å². The molecule has 0 aromatic carbocycles. The van der Waals surface area contributed by atoms with Gasteiger partial charge in [0.2, 0.25) is 0 Å². The average Bonchev–Trinajstić information content (AvgIpc) is 3.01. The second-order valence-electron chi connectivity index (χ2n) is 4.73. The zero-order chi connectivity index (χ0) is 16.9. The number of amides is 1. The molecule has 122 valence electrons. The number of nitrogens with one attached hydrogen (secondary N) is 3. The Kier molecular flexibility index (Phi) is 4.19. The number of carbonyl (C=O) groups is 1. The lowest BCUT2D eigenvalue weighted by atomic mass is 10.3. The Morgan fingerprint density at radius 3 is 2.75 bits per heavy atom. The first kappa shape index (κ1) is 15.2. The molecular formula is C14H14N8O2. The maximum atomic E-state index is 11.9. The van der Waals surface area contributed by atoms with Crippen molar-refractivity contribution in [1.82, 2.24) is 25.5 Å². The molecule has 0 atom stereocenters. The number of aromatic nitrogens is 4. The van der Waals surface area contributed by atoms with E-state index >= 15 is 0 Å². The molecular weight excluding hydrogens is 312 g/mol. The minimum absolute atomic E-state index is 0.208. The monoisotopic (exact) mass is 326 g/mol. The van der Waals surface area contributed by atoms with Crippen LogP contribution in [-0.4, -0.2) is 26.0 Å². The van der Waals surface area contributed by atoms with E-state index in [2.05, 4.69) is 36.3 Å². The van der Waals surface area contributed by atoms with Crippen molar-refractivity contribution in [3.63, 3.8) is 0 Å². The Morgan fingerprint density at radius 1 is 1.21 bits per heavy atom. The highest BCUT2D eigenvalue weighted by atomic mass is 16.5. The molecule has 0 fully saturated rings. The number of anilines is 4. The summed E-state index contributed by atoms with van der Waals surface area (Å²) in [6.07, 6.45) is 2.82. The third-order valence-electron chi connectivity index (χ3n) is 2.95. The fourth-order valence-corrected chi connectivity index (χ4v) is 1.82. The van der Waals surface area contributed by atoms with Crippen molar-refractivity contribution in [1.29, 1.82) is 0 Å². The third kappa shape index (κ3) is 3.38. The van der Waals surface area contributed by atoms with Crippen LogP contribution < -0.4 is 21.9 Å². The molecule has 0 bridgehead atoms. The Morgan fingerprint density at radius 2 is 2.04 bits per heavy atom. The molecule has 24 heavy (non-hydrogen) atoms. The minimum Gasteiger partial charge on any atom is -0.393 e. The number of carbonyl (C=O) groups excluding carboxylic acids is 1. The van der Waals surface area contributed by atoms with Crippen molar-refractivity contribution in [2.45, 2.75) is 6.92 Å². The molecule has 10 nitrogen and oxygen atoms in total. The summed E-state index contributed by atoms with van der Waals surface area (Å²) in [5.74, 6) is 1.24. The molecule has 3 rings (SSSR count). The molecule has 0 unspecified atom stereocenters. The molecule has 0 aliphatic heterocycles. The van der Waals surface area contributed by atoms with E-state index in [4.69, 9.17) is 10.3 Å². The number of nitrogens with two attached hydrogens (primary N) is 1. The summed E-state index contributed by atoms with van der Waals surface area (Å²) in [4.78, 5) is 23.9. The predicted molar refractivity (Wildman–Crippen MR) is 86.3 cm³/mol. The van der Waals surface area contributed by atoms with E-state index in [0.29, 0.717) is 17.4 Å². The van der Waals surface area contributed by atoms with Crippen LogP contribution >= 0.6 is 0 Å². The van der Waals surface area contributed by atoms with E-state index in [0.717, 1.165) is 0 Å². The van der Waals surface area contributed by atoms with Crippen molar-refractivity contribution < 1.29 is 9.32 Å². The Hall–Kier alpha value is -3.69. The first-order chi connectivity index (χ1) is 11.6. The van der Waals surface area contributed by atoms with Gasteiger partial charge in [0.25, 0.3) is 5.91 Å². The first-order valence-corrected chi connectivity index (χ1v) is 6.91. The molecule has 0 radical (unpaired) electrons. The molecule has 3 aromatic heterocycles. The van der Waals surface area contributed by atoms with Crippen LogP contribution in [0.2, 0.25) is 0 Å². The number of hydrazine groups is 1. The van der Waals surface area contributed by atoms with Crippen molar-refractivity contribution in [3.05, 3.63) is 48.2 Å². The number of rotatable bonds is 5. The molecule has 0 aliphatic carbocycles. The first-order valence-electron chi connectivity index (χ1n) is 6.91. The zero-order valence-corrected chi connectivity index (χ0v) is 12.6. The minimum atomic E-state index is -0.421. The van der Waals surface area contributed by atoms with E-state index < -0.39 is 5.91 Å². The maximum Gasteiger partial charge on any atom is 0.288 e. The number of nitrogen functional groups attached to an aromatic ring is 1. The smallest absolute Gasteiger partial charge is 0.288 e. The summed E-state index contributed by atoms with van der Waals surface area (Å²) in [5.41, 5.74) is 11.6. The van der Waals surface area contributed by atoms with Gasteiger partial charge in [-0.1, -0.05) is 11.2 Å². The largest absolute Gasteiger partial charge is 0.393 e. The van der Waals surface area contributed by atoms with Crippen LogP contribution in [0.3, 0.4) is 0 Å². The quantitative estimate of drug-likeness (QED) is 0.509. The highest BCUT2D eigenvalue weighted by Crippen LogP contribution is 2.24. The fraction of sp³-hybridized carbons (Fsp3) is 0.0714. The van der Waals surface area contributed by atoms with Gasteiger partial charge >= 0.3 is 0 Å². The highest BCUT2D eigenvalue weighted by molar-refractivity contribution is 5.93. The van der Waals surface area contributed by atoms with Crippen molar-refractivity contribution in [3.8, 4) is 0 Å². The van der Waals surface area contributed by atoms with E-state index in [1.165, 1.54) is 12.5 Å². The predicted octanol–water partition coefficient (Wildman–Crippen LogP) is 1.25. The maximum absolute atomic E-state index is 11.9. The lowest BCUT2D eigenvalue weighted by Gasteiger charge is -2.11. The van der Waals surface area contributed by atoms with Crippen LogP contribution in [0.4, 0.5) is 23.1 Å². The normalized spacial score (nSPS) is 10.2. The molecule has 3 heterocycles. The molecule has 1 amide bonds. The third-order valence-corrected chi connectivity index (χ3v) is 2.95. The van der Waals surface area contributed by atoms with Crippen LogP contribution in [0, 0.1) is 6.92 Å². The summed E-state index contributed by atoms with van der Waals surface area (Å²) >= 11 is 0. The van der Waals surface area contributed by atoms with Gasteiger partial charge in [0.05, 0.1) is 0 Å². The van der Waals surface area contributed by atoms with E-state index in [1.54, 1.807) is 31.2 Å². The lowest BCUT2D eigenvalue weighted by Crippen LogP contribution is -2.31. The molecule has 0 saturated carbocycles. The molecule has 0 spiro atoms. The summed E-state index contributed by atoms with van der Waals surface area (Å²) in [5, 5.41) is 6.70. The fourth-order valence-electron chi connectivity index (χ4n) is 1.82. The zero-order valence-electron chi connectivity index (χ0n) is 12.6. The van der Waals surface area contributed by atoms with Gasteiger partial charge in [0.1, 0.15) is 23.5 Å². The molecule has 3 aromatic rings. The summed E-state index contributed by atoms with van der Waals surface area (Å²) in [6, 6.07) is 6.71. The second-order valence-corrected chi connectivity index (χ2v) is 4.73. The van der Waals surface area contributed by atoms with Crippen molar-refractivity contribution in [2.24, 2.45) is 0 Å². The number of nitrogens with zero attached hydrogens (tertiary/aromatic N) is 4. The Balaban J connectivity index is 1.70. The van der Waals surface area contributed by atoms with Gasteiger partial charge in [0.15, 0.2) is 17.5 Å². The van der Waals surface area contributed by atoms with Gasteiger partial charge in [-0.05, 0) is 19.1 Å². The average molecular weight is 326 g/mol. The van der Waals surface area contributed by atoms with Gasteiger partial charge in [-0.3, -0.25) is 20.6 Å². The van der Waals surface area contributed by atoms with Crippen LogP contribution in [0.1, 0.15) is 16.2 Å². The number of pyridine rings is 1. The van der Waals surface area contributed by atoms with Crippen LogP contribution in [-0.2, 0) is 0 Å². The number of hydrogen-bond acceptors (Lipinski definition) is 9. The Bertz CT molecular complexity index is 849. The number of aryl methyl sites for hydroxylation is 1. The Labute approximate surface area is 136 Å². The molecule has 0 saturated heterocycles. The summed E-state index contributed by atoms with van der Waals surface area (Å²) in [6.45, 7) is 1.77. The SMILES string of the molecule is Cc1cc(Nc2ncnc(NNC(=O)c3ccccn3)c2N)no1. The standard InChI is InChI=1S/C14H14N8O2/c1-8-6-10(22-24-8)19-12-11(15)13(18-7-17-12)20-21-14(23)9-4-2-3-5-16-9/h2-7H,15H2,1H3,(H,21,23)(H2,17,18,19,20,22). The van der Waals surface area contributed by atoms with Crippen molar-refractivity contribution in [2.75, 3.05) is 16.5 Å². The highest BCUT2D eigenvalue weighted by Gasteiger charge is 2.12. The van der Waals surface area contributed by atoms with Crippen LogP contribution in [0.15, 0.2) is 41.3 Å². The van der Waals surface area contributed by atoms with Gasteiger partial charge in [-0.2, -0.15) is 0 Å². The second kappa shape index (κ2) is 6.60. The van der Waals surface area contributed by atoms with Gasteiger partial charge in [-0.25, -0.2) is 9.97 Å². The molecule has 0 aliphatic rings. The summed E-state index contributed by atoms with van der Waals surface area (Å²) < 4.78 is 4.96.